The Morgan fingerprint density at radius 1 is 1.19 bits per heavy atom. The molecule has 0 spiro atoms. The molecule has 0 atom stereocenters. The average Bonchev–Trinajstić information content (AvgIpc) is 2.48. The monoisotopic (exact) mass is 301 g/mol. The SMILES string of the molecule is CCN(/N=C(\C)c1cc(C)ccc1N)c1ccc(Cl)cc1. The highest BCUT2D eigenvalue weighted by molar-refractivity contribution is 6.30. The first-order chi connectivity index (χ1) is 10.0. The molecule has 0 aromatic heterocycles. The molecule has 0 amide bonds. The van der Waals surface area contributed by atoms with Crippen molar-refractivity contribution in [3.8, 4) is 0 Å². The summed E-state index contributed by atoms with van der Waals surface area (Å²) in [5, 5.41) is 7.35. The van der Waals surface area contributed by atoms with Crippen LogP contribution in [-0.4, -0.2) is 12.3 Å². The fraction of sp³-hybridized carbons (Fsp3) is 0.235. The lowest BCUT2D eigenvalue weighted by Gasteiger charge is -2.19. The molecule has 0 heterocycles. The number of hydrogen-bond acceptors (Lipinski definition) is 3. The maximum Gasteiger partial charge on any atom is 0.0671 e. The van der Waals surface area contributed by atoms with E-state index in [9.17, 15) is 0 Å². The second-order valence-corrected chi connectivity index (χ2v) is 5.40. The number of hydrogen-bond donors (Lipinski definition) is 1. The number of nitrogens with zero attached hydrogens (tertiary/aromatic N) is 2. The second-order valence-electron chi connectivity index (χ2n) is 4.97. The number of hydrazone groups is 1. The molecule has 21 heavy (non-hydrogen) atoms. The van der Waals surface area contributed by atoms with Gasteiger partial charge in [-0.3, -0.25) is 5.01 Å². The standard InChI is InChI=1S/C17H20ClN3/c1-4-21(15-8-6-14(18)7-9-15)20-13(3)16-11-12(2)5-10-17(16)19/h5-11H,4,19H2,1-3H3/b20-13+. The molecule has 110 valence electrons. The minimum Gasteiger partial charge on any atom is -0.398 e. The Kier molecular flexibility index (Phi) is 4.86. The maximum atomic E-state index is 6.05. The molecule has 0 fully saturated rings. The Balaban J connectivity index is 2.34. The van der Waals surface area contributed by atoms with Gasteiger partial charge >= 0.3 is 0 Å². The van der Waals surface area contributed by atoms with Crippen LogP contribution in [0.2, 0.25) is 5.02 Å². The Bertz CT molecular complexity index is 648. The number of halogens is 1. The van der Waals surface area contributed by atoms with E-state index in [2.05, 4.69) is 13.0 Å². The van der Waals surface area contributed by atoms with E-state index < -0.39 is 0 Å². The van der Waals surface area contributed by atoms with Crippen LogP contribution in [-0.2, 0) is 0 Å². The van der Waals surface area contributed by atoms with Crippen molar-refractivity contribution in [3.63, 3.8) is 0 Å². The summed E-state index contributed by atoms with van der Waals surface area (Å²) in [6, 6.07) is 13.6. The molecular weight excluding hydrogens is 282 g/mol. The van der Waals surface area contributed by atoms with Crippen LogP contribution in [0.4, 0.5) is 11.4 Å². The molecule has 2 rings (SSSR count). The van der Waals surface area contributed by atoms with Gasteiger partial charge in [-0.05, 0) is 57.2 Å². The van der Waals surface area contributed by atoms with Crippen molar-refractivity contribution >= 4 is 28.7 Å². The molecule has 0 saturated carbocycles. The van der Waals surface area contributed by atoms with Gasteiger partial charge in [0.05, 0.1) is 11.4 Å². The van der Waals surface area contributed by atoms with Crippen molar-refractivity contribution in [2.75, 3.05) is 17.3 Å². The van der Waals surface area contributed by atoms with Crippen LogP contribution < -0.4 is 10.7 Å². The Morgan fingerprint density at radius 2 is 1.86 bits per heavy atom. The van der Waals surface area contributed by atoms with Gasteiger partial charge in [-0.2, -0.15) is 5.10 Å². The summed E-state index contributed by atoms with van der Waals surface area (Å²) < 4.78 is 0. The fourth-order valence-electron chi connectivity index (χ4n) is 2.14. The third-order valence-corrected chi connectivity index (χ3v) is 3.55. The summed E-state index contributed by atoms with van der Waals surface area (Å²) in [6.45, 7) is 6.85. The van der Waals surface area contributed by atoms with Gasteiger partial charge in [0, 0.05) is 22.8 Å². The predicted octanol–water partition coefficient (Wildman–Crippen LogP) is 4.48. The van der Waals surface area contributed by atoms with Gasteiger partial charge in [0.25, 0.3) is 0 Å². The van der Waals surface area contributed by atoms with Gasteiger partial charge in [-0.1, -0.05) is 23.2 Å². The van der Waals surface area contributed by atoms with Gasteiger partial charge in [0.15, 0.2) is 0 Å². The predicted molar refractivity (Wildman–Crippen MR) is 92.3 cm³/mol. The summed E-state index contributed by atoms with van der Waals surface area (Å²) >= 11 is 5.93. The zero-order valence-electron chi connectivity index (χ0n) is 12.6. The summed E-state index contributed by atoms with van der Waals surface area (Å²) in [7, 11) is 0. The van der Waals surface area contributed by atoms with E-state index in [0.29, 0.717) is 0 Å². The van der Waals surface area contributed by atoms with Crippen molar-refractivity contribution in [2.24, 2.45) is 5.10 Å². The van der Waals surface area contributed by atoms with Crippen molar-refractivity contribution in [1.82, 2.24) is 0 Å². The molecule has 0 saturated heterocycles. The Hall–Kier alpha value is -2.00. The molecule has 2 aromatic carbocycles. The fourth-order valence-corrected chi connectivity index (χ4v) is 2.27. The van der Waals surface area contributed by atoms with Gasteiger partial charge in [-0.15, -0.1) is 0 Å². The molecule has 2 N–H and O–H groups in total. The molecular formula is C17H20ClN3. The number of nitrogens with two attached hydrogens (primary N) is 1. The topological polar surface area (TPSA) is 41.6 Å². The largest absolute Gasteiger partial charge is 0.398 e. The number of benzene rings is 2. The van der Waals surface area contributed by atoms with Crippen LogP contribution >= 0.6 is 11.6 Å². The van der Waals surface area contributed by atoms with Crippen LogP contribution in [0.1, 0.15) is 25.0 Å². The molecule has 2 aromatic rings. The molecule has 0 unspecified atom stereocenters. The number of anilines is 2. The Morgan fingerprint density at radius 3 is 2.48 bits per heavy atom. The third kappa shape index (κ3) is 3.76. The van der Waals surface area contributed by atoms with Crippen molar-refractivity contribution in [2.45, 2.75) is 20.8 Å². The van der Waals surface area contributed by atoms with Crippen molar-refractivity contribution in [3.05, 3.63) is 58.6 Å². The van der Waals surface area contributed by atoms with Crippen molar-refractivity contribution < 1.29 is 0 Å². The Labute approximate surface area is 131 Å². The zero-order valence-corrected chi connectivity index (χ0v) is 13.4. The lowest BCUT2D eigenvalue weighted by Crippen LogP contribution is -2.18. The molecule has 0 aliphatic carbocycles. The lowest BCUT2D eigenvalue weighted by atomic mass is 10.1. The second kappa shape index (κ2) is 6.64. The first-order valence-electron chi connectivity index (χ1n) is 6.96. The average molecular weight is 302 g/mol. The molecule has 0 aliphatic rings. The van der Waals surface area contributed by atoms with Gasteiger partial charge in [0.2, 0.25) is 0 Å². The zero-order chi connectivity index (χ0) is 15.4. The van der Waals surface area contributed by atoms with E-state index in [-0.39, 0.29) is 0 Å². The van der Waals surface area contributed by atoms with Crippen LogP contribution in [0.25, 0.3) is 0 Å². The highest BCUT2D eigenvalue weighted by atomic mass is 35.5. The first kappa shape index (κ1) is 15.4. The number of rotatable bonds is 4. The van der Waals surface area contributed by atoms with Gasteiger partial charge in [0.1, 0.15) is 0 Å². The molecule has 0 radical (unpaired) electrons. The number of nitrogen functional groups attached to an aromatic ring is 1. The van der Waals surface area contributed by atoms with E-state index in [1.54, 1.807) is 0 Å². The van der Waals surface area contributed by atoms with Crippen LogP contribution in [0, 0.1) is 6.92 Å². The summed E-state index contributed by atoms with van der Waals surface area (Å²) in [4.78, 5) is 0. The number of aryl methyl sites for hydroxylation is 1. The van der Waals surface area contributed by atoms with E-state index in [1.165, 1.54) is 5.56 Å². The van der Waals surface area contributed by atoms with E-state index in [0.717, 1.165) is 34.2 Å². The van der Waals surface area contributed by atoms with Crippen molar-refractivity contribution in [1.29, 1.82) is 0 Å². The quantitative estimate of drug-likeness (QED) is 0.514. The smallest absolute Gasteiger partial charge is 0.0671 e. The first-order valence-corrected chi connectivity index (χ1v) is 7.34. The molecule has 0 bridgehead atoms. The summed E-state index contributed by atoms with van der Waals surface area (Å²) in [5.74, 6) is 0. The normalized spacial score (nSPS) is 11.5. The highest BCUT2D eigenvalue weighted by Crippen LogP contribution is 2.20. The van der Waals surface area contributed by atoms with E-state index in [4.69, 9.17) is 22.4 Å². The lowest BCUT2D eigenvalue weighted by molar-refractivity contribution is 0.892. The van der Waals surface area contributed by atoms with E-state index in [1.807, 2.05) is 55.3 Å². The molecule has 0 aliphatic heterocycles. The molecule has 4 heteroatoms. The van der Waals surface area contributed by atoms with Crippen LogP contribution in [0.15, 0.2) is 47.6 Å². The molecule has 3 nitrogen and oxygen atoms in total. The van der Waals surface area contributed by atoms with E-state index >= 15 is 0 Å². The summed E-state index contributed by atoms with van der Waals surface area (Å²) in [6.07, 6.45) is 0. The van der Waals surface area contributed by atoms with Gasteiger partial charge in [-0.25, -0.2) is 0 Å². The minimum absolute atomic E-state index is 0.721. The third-order valence-electron chi connectivity index (χ3n) is 3.29. The minimum atomic E-state index is 0.721. The maximum absolute atomic E-state index is 6.05. The van der Waals surface area contributed by atoms with Crippen LogP contribution in [0.5, 0.6) is 0 Å². The highest BCUT2D eigenvalue weighted by Gasteiger charge is 2.07. The summed E-state index contributed by atoms with van der Waals surface area (Å²) in [5.41, 5.74) is 10.8. The van der Waals surface area contributed by atoms with Gasteiger partial charge < -0.3 is 5.73 Å². The van der Waals surface area contributed by atoms with Crippen LogP contribution in [0.3, 0.4) is 0 Å².